The Bertz CT molecular complexity index is 649. The number of alkyl halides is 1. The van der Waals surface area contributed by atoms with Crippen LogP contribution < -0.4 is 5.73 Å². The van der Waals surface area contributed by atoms with E-state index in [1.54, 1.807) is 12.1 Å². The molecule has 0 aromatic heterocycles. The van der Waals surface area contributed by atoms with Crippen molar-refractivity contribution in [2.45, 2.75) is 13.8 Å². The molecule has 0 saturated heterocycles. The van der Waals surface area contributed by atoms with Crippen molar-refractivity contribution in [3.63, 3.8) is 0 Å². The molecule has 2 rings (SSSR count). The molecule has 0 atom stereocenters. The van der Waals surface area contributed by atoms with Gasteiger partial charge in [0, 0.05) is 5.69 Å². The molecule has 0 aliphatic rings. The first-order valence-electron chi connectivity index (χ1n) is 6.96. The van der Waals surface area contributed by atoms with E-state index in [2.05, 4.69) is 31.2 Å². The molecule has 0 amide bonds. The topological polar surface area (TPSA) is 26.0 Å². The molecule has 2 N–H and O–H groups in total. The Morgan fingerprint density at radius 1 is 0.952 bits per heavy atom. The Morgan fingerprint density at radius 3 is 2.10 bits per heavy atom. The SMILES string of the molecule is C/C(=C\C=C(/CF)c1ccc(N)cc1)c1ccc(C)cc1. The summed E-state index contributed by atoms with van der Waals surface area (Å²) in [7, 11) is 0. The standard InChI is InChI=1S/C19H20FN/c1-14-3-6-16(7-4-14)15(2)5-8-18(13-20)17-9-11-19(21)12-10-17/h3-12H,13,21H2,1-2H3/b15-5+,18-8+. The number of hydrogen-bond acceptors (Lipinski definition) is 1. The minimum atomic E-state index is -0.498. The van der Waals surface area contributed by atoms with Crippen molar-refractivity contribution in [3.8, 4) is 0 Å². The second-order valence-electron chi connectivity index (χ2n) is 5.16. The van der Waals surface area contributed by atoms with Crippen molar-refractivity contribution in [2.75, 3.05) is 12.4 Å². The van der Waals surface area contributed by atoms with E-state index in [9.17, 15) is 4.39 Å². The van der Waals surface area contributed by atoms with Crippen LogP contribution in [0.1, 0.15) is 23.6 Å². The second-order valence-corrected chi connectivity index (χ2v) is 5.16. The molecular weight excluding hydrogens is 261 g/mol. The zero-order valence-electron chi connectivity index (χ0n) is 12.4. The number of halogens is 1. The number of aryl methyl sites for hydroxylation is 1. The first kappa shape index (κ1) is 15.0. The summed E-state index contributed by atoms with van der Waals surface area (Å²) in [6, 6.07) is 15.6. The molecule has 0 radical (unpaired) electrons. The lowest BCUT2D eigenvalue weighted by atomic mass is 10.0. The van der Waals surface area contributed by atoms with Gasteiger partial charge in [-0.3, -0.25) is 0 Å². The summed E-state index contributed by atoms with van der Waals surface area (Å²) >= 11 is 0. The lowest BCUT2D eigenvalue weighted by Crippen LogP contribution is -1.89. The lowest BCUT2D eigenvalue weighted by Gasteiger charge is -2.04. The Balaban J connectivity index is 2.25. The fraction of sp³-hybridized carbons (Fsp3) is 0.158. The van der Waals surface area contributed by atoms with Crippen molar-refractivity contribution in [2.24, 2.45) is 0 Å². The van der Waals surface area contributed by atoms with Crippen LogP contribution in [0.4, 0.5) is 10.1 Å². The fourth-order valence-electron chi connectivity index (χ4n) is 2.05. The van der Waals surface area contributed by atoms with Gasteiger partial charge in [-0.25, -0.2) is 4.39 Å². The molecule has 2 aromatic rings. The van der Waals surface area contributed by atoms with Gasteiger partial charge in [0.15, 0.2) is 0 Å². The zero-order chi connectivity index (χ0) is 15.2. The van der Waals surface area contributed by atoms with E-state index in [1.165, 1.54) is 5.56 Å². The lowest BCUT2D eigenvalue weighted by molar-refractivity contribution is 0.571. The third kappa shape index (κ3) is 4.06. The third-order valence-corrected chi connectivity index (χ3v) is 3.47. The summed E-state index contributed by atoms with van der Waals surface area (Å²) in [5.41, 5.74) is 11.3. The quantitative estimate of drug-likeness (QED) is 0.617. The summed E-state index contributed by atoms with van der Waals surface area (Å²) in [5.74, 6) is 0. The highest BCUT2D eigenvalue weighted by molar-refractivity contribution is 5.73. The summed E-state index contributed by atoms with van der Waals surface area (Å²) < 4.78 is 13.2. The first-order valence-corrected chi connectivity index (χ1v) is 6.96. The van der Waals surface area contributed by atoms with Crippen molar-refractivity contribution >= 4 is 16.8 Å². The highest BCUT2D eigenvalue weighted by atomic mass is 19.1. The van der Waals surface area contributed by atoms with Crippen molar-refractivity contribution in [3.05, 3.63) is 77.4 Å². The number of nitrogens with two attached hydrogens (primary N) is 1. The molecule has 2 aromatic carbocycles. The van der Waals surface area contributed by atoms with Crippen LogP contribution in [0.2, 0.25) is 0 Å². The maximum Gasteiger partial charge on any atom is 0.115 e. The van der Waals surface area contributed by atoms with Gasteiger partial charge in [-0.15, -0.1) is 0 Å². The molecule has 0 unspecified atom stereocenters. The van der Waals surface area contributed by atoms with Crippen LogP contribution in [0.15, 0.2) is 60.7 Å². The maximum absolute atomic E-state index is 13.2. The van der Waals surface area contributed by atoms with Crippen LogP contribution in [0.3, 0.4) is 0 Å². The predicted molar refractivity (Wildman–Crippen MR) is 89.6 cm³/mol. The largest absolute Gasteiger partial charge is 0.399 e. The summed E-state index contributed by atoms with van der Waals surface area (Å²) in [4.78, 5) is 0. The molecule has 108 valence electrons. The number of rotatable bonds is 4. The number of hydrogen-bond donors (Lipinski definition) is 1. The predicted octanol–water partition coefficient (Wildman–Crippen LogP) is 5.03. The van der Waals surface area contributed by atoms with Crippen molar-refractivity contribution in [1.29, 1.82) is 0 Å². The van der Waals surface area contributed by atoms with Crippen LogP contribution in [0.5, 0.6) is 0 Å². The highest BCUT2D eigenvalue weighted by Crippen LogP contribution is 2.19. The fourth-order valence-corrected chi connectivity index (χ4v) is 2.05. The summed E-state index contributed by atoms with van der Waals surface area (Å²) in [5, 5.41) is 0. The monoisotopic (exact) mass is 281 g/mol. The minimum Gasteiger partial charge on any atom is -0.399 e. The average molecular weight is 281 g/mol. The molecule has 0 heterocycles. The minimum absolute atomic E-state index is 0.498. The molecular formula is C19H20FN. The Morgan fingerprint density at radius 2 is 1.52 bits per heavy atom. The van der Waals surface area contributed by atoms with E-state index < -0.39 is 6.67 Å². The molecule has 0 bridgehead atoms. The van der Waals surface area contributed by atoms with Gasteiger partial charge >= 0.3 is 0 Å². The molecule has 1 nitrogen and oxygen atoms in total. The zero-order valence-corrected chi connectivity index (χ0v) is 12.4. The van der Waals surface area contributed by atoms with Gasteiger partial charge in [0.2, 0.25) is 0 Å². The van der Waals surface area contributed by atoms with Gasteiger partial charge in [-0.1, -0.05) is 54.1 Å². The highest BCUT2D eigenvalue weighted by Gasteiger charge is 2.00. The number of anilines is 1. The van der Waals surface area contributed by atoms with Crippen LogP contribution in [0.25, 0.3) is 11.1 Å². The molecule has 2 heteroatoms. The summed E-state index contributed by atoms with van der Waals surface area (Å²) in [6.45, 7) is 3.59. The number of allylic oxidation sites excluding steroid dienone is 4. The van der Waals surface area contributed by atoms with E-state index in [-0.39, 0.29) is 0 Å². The van der Waals surface area contributed by atoms with Gasteiger partial charge in [-0.05, 0) is 48.3 Å². The Labute approximate surface area is 125 Å². The molecule has 0 aliphatic carbocycles. The van der Waals surface area contributed by atoms with Crippen LogP contribution in [-0.4, -0.2) is 6.67 Å². The number of nitrogen functional groups attached to an aromatic ring is 1. The smallest absolute Gasteiger partial charge is 0.115 e. The van der Waals surface area contributed by atoms with Gasteiger partial charge in [0.1, 0.15) is 6.67 Å². The third-order valence-electron chi connectivity index (χ3n) is 3.47. The van der Waals surface area contributed by atoms with E-state index in [0.29, 0.717) is 11.3 Å². The molecule has 0 fully saturated rings. The van der Waals surface area contributed by atoms with Crippen LogP contribution in [-0.2, 0) is 0 Å². The van der Waals surface area contributed by atoms with E-state index >= 15 is 0 Å². The van der Waals surface area contributed by atoms with E-state index in [4.69, 9.17) is 5.73 Å². The van der Waals surface area contributed by atoms with Crippen LogP contribution >= 0.6 is 0 Å². The second kappa shape index (κ2) is 6.89. The van der Waals surface area contributed by atoms with Crippen molar-refractivity contribution < 1.29 is 4.39 Å². The number of benzene rings is 2. The van der Waals surface area contributed by atoms with Crippen molar-refractivity contribution in [1.82, 2.24) is 0 Å². The van der Waals surface area contributed by atoms with Gasteiger partial charge < -0.3 is 5.73 Å². The van der Waals surface area contributed by atoms with E-state index in [1.807, 2.05) is 31.2 Å². The molecule has 0 saturated carbocycles. The molecule has 0 aliphatic heterocycles. The van der Waals surface area contributed by atoms with Crippen LogP contribution in [0, 0.1) is 6.92 Å². The Hall–Kier alpha value is -2.35. The van der Waals surface area contributed by atoms with E-state index in [0.717, 1.165) is 16.7 Å². The molecule has 21 heavy (non-hydrogen) atoms. The maximum atomic E-state index is 13.2. The molecule has 0 spiro atoms. The Kier molecular flexibility index (Phi) is 4.94. The normalized spacial score (nSPS) is 12.5. The first-order chi connectivity index (χ1) is 10.1. The summed E-state index contributed by atoms with van der Waals surface area (Å²) in [6.07, 6.45) is 3.79. The average Bonchev–Trinajstić information content (AvgIpc) is 2.50. The van der Waals surface area contributed by atoms with Gasteiger partial charge in [-0.2, -0.15) is 0 Å². The van der Waals surface area contributed by atoms with Gasteiger partial charge in [0.05, 0.1) is 0 Å². The van der Waals surface area contributed by atoms with Gasteiger partial charge in [0.25, 0.3) is 0 Å².